The number of fused-ring (bicyclic) bond motifs is 2. The van der Waals surface area contributed by atoms with Crippen molar-refractivity contribution in [2.75, 3.05) is 0 Å². The van der Waals surface area contributed by atoms with Crippen molar-refractivity contribution in [3.8, 4) is 11.4 Å². The third-order valence-corrected chi connectivity index (χ3v) is 5.69. The molecule has 0 amide bonds. The van der Waals surface area contributed by atoms with Gasteiger partial charge in [-0.25, -0.2) is 14.6 Å². The second-order valence-corrected chi connectivity index (χ2v) is 7.68. The Bertz CT molecular complexity index is 1010. The summed E-state index contributed by atoms with van der Waals surface area (Å²) in [6, 6.07) is 4.41. The van der Waals surface area contributed by atoms with Crippen LogP contribution in [0.1, 0.15) is 25.7 Å². The summed E-state index contributed by atoms with van der Waals surface area (Å²) in [6.07, 6.45) is 14.9. The Hall–Kier alpha value is -2.83. The van der Waals surface area contributed by atoms with Crippen LogP contribution in [0.3, 0.4) is 0 Å². The van der Waals surface area contributed by atoms with Gasteiger partial charge in [0.15, 0.2) is 5.65 Å². The minimum Gasteiger partial charge on any atom is -0.340 e. The molecule has 7 heteroatoms. The van der Waals surface area contributed by atoms with Crippen LogP contribution in [0.25, 0.3) is 22.6 Å². The topological polar surface area (TPSA) is 73.8 Å². The van der Waals surface area contributed by atoms with E-state index in [-0.39, 0.29) is 0 Å². The van der Waals surface area contributed by atoms with E-state index < -0.39 is 0 Å². The lowest BCUT2D eigenvalue weighted by molar-refractivity contribution is 0.344. The van der Waals surface area contributed by atoms with Crippen molar-refractivity contribution in [1.82, 2.24) is 29.5 Å². The Labute approximate surface area is 157 Å². The van der Waals surface area contributed by atoms with Gasteiger partial charge in [0, 0.05) is 26.0 Å². The molecule has 7 nitrogen and oxygen atoms in total. The average molecular weight is 361 g/mol. The monoisotopic (exact) mass is 361 g/mol. The molecular formula is C20H23N7. The molecule has 4 heterocycles. The van der Waals surface area contributed by atoms with E-state index in [4.69, 9.17) is 4.98 Å². The molecule has 3 unspecified atom stereocenters. The number of aryl methyl sites for hydroxylation is 1. The number of hydrogen-bond acceptors (Lipinski definition) is 5. The van der Waals surface area contributed by atoms with Crippen molar-refractivity contribution in [1.29, 1.82) is 0 Å². The molecule has 0 N–H and O–H groups in total. The van der Waals surface area contributed by atoms with Gasteiger partial charge in [-0.05, 0) is 49.3 Å². The van der Waals surface area contributed by atoms with Crippen molar-refractivity contribution in [2.24, 2.45) is 23.9 Å². The Morgan fingerprint density at radius 2 is 2.15 bits per heavy atom. The third-order valence-electron chi connectivity index (χ3n) is 5.69. The first-order valence-electron chi connectivity index (χ1n) is 9.65. The van der Waals surface area contributed by atoms with E-state index in [0.717, 1.165) is 35.5 Å². The van der Waals surface area contributed by atoms with Crippen LogP contribution in [0.15, 0.2) is 41.8 Å². The van der Waals surface area contributed by atoms with E-state index in [2.05, 4.69) is 32.4 Å². The van der Waals surface area contributed by atoms with Crippen molar-refractivity contribution in [3.63, 3.8) is 0 Å². The smallest absolute Gasteiger partial charge is 0.179 e. The SMILES string of the molecule is Cn1cnc(-c2ccc3nnn(CC4CCCC5N=CC=CC5C4)c3n2)c1. The number of allylic oxidation sites excluding steroid dienone is 1. The quantitative estimate of drug-likeness (QED) is 0.719. The summed E-state index contributed by atoms with van der Waals surface area (Å²) >= 11 is 0. The second-order valence-electron chi connectivity index (χ2n) is 7.68. The molecule has 0 aromatic carbocycles. The first kappa shape index (κ1) is 16.4. The van der Waals surface area contributed by atoms with Gasteiger partial charge in [0.05, 0.1) is 18.1 Å². The largest absolute Gasteiger partial charge is 0.340 e. The highest BCUT2D eigenvalue weighted by molar-refractivity contribution is 5.73. The zero-order chi connectivity index (χ0) is 18.2. The van der Waals surface area contributed by atoms with Gasteiger partial charge in [-0.2, -0.15) is 0 Å². The Kier molecular flexibility index (Phi) is 4.07. The summed E-state index contributed by atoms with van der Waals surface area (Å²) in [5, 5.41) is 8.71. The molecule has 0 radical (unpaired) electrons. The van der Waals surface area contributed by atoms with Crippen molar-refractivity contribution < 1.29 is 0 Å². The number of imidazole rings is 1. The Morgan fingerprint density at radius 1 is 1.19 bits per heavy atom. The number of dihydropyridines is 1. The predicted molar refractivity (Wildman–Crippen MR) is 104 cm³/mol. The molecule has 0 bridgehead atoms. The fraction of sp³-hybridized carbons (Fsp3) is 0.450. The van der Waals surface area contributed by atoms with Crippen LogP contribution in [-0.2, 0) is 13.6 Å². The maximum atomic E-state index is 4.81. The van der Waals surface area contributed by atoms with Gasteiger partial charge < -0.3 is 4.57 Å². The van der Waals surface area contributed by atoms with E-state index in [0.29, 0.717) is 17.9 Å². The molecule has 3 atom stereocenters. The molecule has 0 saturated heterocycles. The van der Waals surface area contributed by atoms with E-state index in [9.17, 15) is 0 Å². The van der Waals surface area contributed by atoms with Crippen molar-refractivity contribution >= 4 is 17.4 Å². The number of nitrogens with zero attached hydrogens (tertiary/aromatic N) is 7. The van der Waals surface area contributed by atoms with Crippen LogP contribution < -0.4 is 0 Å². The van der Waals surface area contributed by atoms with Crippen LogP contribution in [-0.4, -0.2) is 41.8 Å². The van der Waals surface area contributed by atoms with Gasteiger partial charge in [0.25, 0.3) is 0 Å². The molecule has 1 fully saturated rings. The predicted octanol–water partition coefficient (Wildman–Crippen LogP) is 3.04. The lowest BCUT2D eigenvalue weighted by Gasteiger charge is -2.23. The van der Waals surface area contributed by atoms with Crippen molar-refractivity contribution in [3.05, 3.63) is 36.8 Å². The molecule has 3 aromatic rings. The van der Waals surface area contributed by atoms with Gasteiger partial charge >= 0.3 is 0 Å². The van der Waals surface area contributed by atoms with E-state index in [1.165, 1.54) is 19.3 Å². The highest BCUT2D eigenvalue weighted by Gasteiger charge is 2.28. The van der Waals surface area contributed by atoms with Crippen LogP contribution in [0.5, 0.6) is 0 Å². The van der Waals surface area contributed by atoms with Crippen LogP contribution in [0.2, 0.25) is 0 Å². The highest BCUT2D eigenvalue weighted by atomic mass is 15.4. The molecule has 5 rings (SSSR count). The fourth-order valence-electron chi connectivity index (χ4n) is 4.31. The first-order valence-corrected chi connectivity index (χ1v) is 9.65. The molecular weight excluding hydrogens is 338 g/mol. The van der Waals surface area contributed by atoms with Crippen LogP contribution in [0, 0.1) is 11.8 Å². The third kappa shape index (κ3) is 3.18. The van der Waals surface area contributed by atoms with Gasteiger partial charge in [-0.3, -0.25) is 4.99 Å². The molecule has 1 aliphatic heterocycles. The van der Waals surface area contributed by atoms with E-state index >= 15 is 0 Å². The van der Waals surface area contributed by atoms with Gasteiger partial charge in [0.1, 0.15) is 11.2 Å². The molecule has 0 spiro atoms. The van der Waals surface area contributed by atoms with Crippen LogP contribution >= 0.6 is 0 Å². The normalized spacial score (nSPS) is 24.9. The van der Waals surface area contributed by atoms with E-state index in [1.54, 1.807) is 6.33 Å². The Balaban J connectivity index is 1.41. The molecule has 1 saturated carbocycles. The summed E-state index contributed by atoms with van der Waals surface area (Å²) in [4.78, 5) is 13.9. The summed E-state index contributed by atoms with van der Waals surface area (Å²) < 4.78 is 3.90. The number of aromatic nitrogens is 6. The average Bonchev–Trinajstić information content (AvgIpc) is 3.22. The first-order chi connectivity index (χ1) is 13.3. The summed E-state index contributed by atoms with van der Waals surface area (Å²) in [5.74, 6) is 1.12. The van der Waals surface area contributed by atoms with E-state index in [1.807, 2.05) is 40.8 Å². The molecule has 138 valence electrons. The highest BCUT2D eigenvalue weighted by Crippen LogP contribution is 2.33. The van der Waals surface area contributed by atoms with Crippen LogP contribution in [0.4, 0.5) is 0 Å². The minimum atomic E-state index is 0.460. The zero-order valence-electron chi connectivity index (χ0n) is 15.4. The lowest BCUT2D eigenvalue weighted by atomic mass is 9.89. The summed E-state index contributed by atoms with van der Waals surface area (Å²) in [7, 11) is 1.96. The number of rotatable bonds is 3. The Morgan fingerprint density at radius 3 is 3.04 bits per heavy atom. The fourth-order valence-corrected chi connectivity index (χ4v) is 4.31. The maximum Gasteiger partial charge on any atom is 0.179 e. The molecule has 27 heavy (non-hydrogen) atoms. The number of pyridine rings is 1. The summed E-state index contributed by atoms with van der Waals surface area (Å²) in [6.45, 7) is 0.857. The number of hydrogen-bond donors (Lipinski definition) is 0. The zero-order valence-corrected chi connectivity index (χ0v) is 15.4. The molecule has 1 aliphatic carbocycles. The standard InChI is InChI=1S/C20H23N7/c1-26-12-19(22-13-26)17-7-8-18-20(23-17)27(25-24-18)11-14-4-2-6-16-15(10-14)5-3-9-21-16/h3,5,7-9,12-16H,2,4,6,10-11H2,1H3. The van der Waals surface area contributed by atoms with Gasteiger partial charge in [-0.1, -0.05) is 17.7 Å². The maximum absolute atomic E-state index is 4.81. The molecule has 2 aliphatic rings. The minimum absolute atomic E-state index is 0.460. The number of aliphatic imine (C=N–C) groups is 1. The second kappa shape index (κ2) is 6.72. The van der Waals surface area contributed by atoms with Gasteiger partial charge in [-0.15, -0.1) is 5.10 Å². The lowest BCUT2D eigenvalue weighted by Crippen LogP contribution is -2.21. The summed E-state index contributed by atoms with van der Waals surface area (Å²) in [5.41, 5.74) is 3.41. The molecule has 3 aromatic heterocycles. The van der Waals surface area contributed by atoms with Gasteiger partial charge in [0.2, 0.25) is 0 Å². The van der Waals surface area contributed by atoms with Crippen molar-refractivity contribution in [2.45, 2.75) is 38.3 Å².